The molecule has 6 nitrogen and oxygen atoms in total. The van der Waals surface area contributed by atoms with E-state index >= 15 is 0 Å². The average molecular weight is 419 g/mol. The maximum Gasteiger partial charge on any atom is 0.274 e. The van der Waals surface area contributed by atoms with E-state index in [4.69, 9.17) is 27.9 Å². The van der Waals surface area contributed by atoms with Gasteiger partial charge in [0.05, 0.1) is 7.11 Å². The number of carbonyl (C=O) groups excluding carboxylic acids is 1. The summed E-state index contributed by atoms with van der Waals surface area (Å²) in [4.78, 5) is 21.4. The van der Waals surface area contributed by atoms with Gasteiger partial charge in [0.15, 0.2) is 10.8 Å². The number of hydrogen-bond acceptors (Lipinski definition) is 4. The molecule has 1 fully saturated rings. The number of carbonyl (C=O) groups is 1. The van der Waals surface area contributed by atoms with Crippen LogP contribution in [0.15, 0.2) is 42.6 Å². The lowest BCUT2D eigenvalue weighted by molar-refractivity contribution is 0.0621. The molecule has 0 aliphatic carbocycles. The molecule has 1 amide bonds. The van der Waals surface area contributed by atoms with Crippen LogP contribution < -0.4 is 4.74 Å². The Morgan fingerprint density at radius 2 is 1.93 bits per heavy atom. The lowest BCUT2D eigenvalue weighted by Crippen LogP contribution is -2.48. The second kappa shape index (κ2) is 7.99. The van der Waals surface area contributed by atoms with Gasteiger partial charge in [0.25, 0.3) is 5.91 Å². The molecule has 0 spiro atoms. The zero-order valence-corrected chi connectivity index (χ0v) is 17.0. The first kappa shape index (κ1) is 19.1. The molecule has 0 N–H and O–H groups in total. The lowest BCUT2D eigenvalue weighted by atomic mass is 10.1. The number of hydrogen-bond donors (Lipinski definition) is 0. The van der Waals surface area contributed by atoms with Gasteiger partial charge in [-0.25, -0.2) is 4.98 Å². The van der Waals surface area contributed by atoms with Crippen LogP contribution in [0, 0.1) is 0 Å². The summed E-state index contributed by atoms with van der Waals surface area (Å²) < 4.78 is 7.17. The molecule has 3 aromatic rings. The highest BCUT2D eigenvalue weighted by molar-refractivity contribution is 6.32. The fraction of sp³-hybridized carbons (Fsp3) is 0.300. The summed E-state index contributed by atoms with van der Waals surface area (Å²) >= 11 is 12.4. The molecule has 1 aliphatic rings. The van der Waals surface area contributed by atoms with Gasteiger partial charge in [0.1, 0.15) is 11.4 Å². The van der Waals surface area contributed by atoms with E-state index < -0.39 is 0 Å². The van der Waals surface area contributed by atoms with Crippen molar-refractivity contribution < 1.29 is 9.53 Å². The van der Waals surface area contributed by atoms with Crippen LogP contribution in [0.25, 0.3) is 5.65 Å². The van der Waals surface area contributed by atoms with Gasteiger partial charge < -0.3 is 9.64 Å². The number of rotatable bonds is 4. The highest BCUT2D eigenvalue weighted by Gasteiger charge is 2.27. The molecule has 146 valence electrons. The molecule has 2 aromatic heterocycles. The Labute approximate surface area is 173 Å². The van der Waals surface area contributed by atoms with Gasteiger partial charge in [0.2, 0.25) is 0 Å². The molecule has 4 rings (SSSR count). The number of aromatic nitrogens is 2. The Hall–Kier alpha value is -2.28. The molecule has 1 aromatic carbocycles. The molecule has 0 unspecified atom stereocenters. The number of piperazine rings is 1. The van der Waals surface area contributed by atoms with Crippen LogP contribution in [0.2, 0.25) is 10.2 Å². The van der Waals surface area contributed by atoms with Crippen molar-refractivity contribution in [2.45, 2.75) is 6.54 Å². The maximum absolute atomic E-state index is 13.0. The zero-order chi connectivity index (χ0) is 19.7. The molecule has 0 bridgehead atoms. The Bertz CT molecular complexity index is 1010. The quantitative estimate of drug-likeness (QED) is 0.649. The van der Waals surface area contributed by atoms with Crippen LogP contribution in [-0.4, -0.2) is 58.4 Å². The van der Waals surface area contributed by atoms with E-state index in [9.17, 15) is 4.79 Å². The third-order valence-corrected chi connectivity index (χ3v) is 5.48. The Morgan fingerprint density at radius 1 is 1.14 bits per heavy atom. The smallest absolute Gasteiger partial charge is 0.274 e. The zero-order valence-electron chi connectivity index (χ0n) is 15.4. The predicted octanol–water partition coefficient (Wildman–Crippen LogP) is 3.61. The molecule has 8 heteroatoms. The number of fused-ring (bicyclic) bond motifs is 1. The summed E-state index contributed by atoms with van der Waals surface area (Å²) in [5, 5.41) is 0.925. The van der Waals surface area contributed by atoms with Gasteiger partial charge in [-0.3, -0.25) is 14.1 Å². The normalized spacial score (nSPS) is 15.2. The van der Waals surface area contributed by atoms with Gasteiger partial charge in [-0.05, 0) is 30.3 Å². The van der Waals surface area contributed by atoms with Gasteiger partial charge in [-0.15, -0.1) is 0 Å². The standard InChI is InChI=1S/C20H20Cl2N4O2/c1-28-16-6-5-15(21)12-14(16)13-24-8-10-25(11-9-24)20(27)18-19(22)23-17-4-2-3-7-26(17)18/h2-7,12H,8-11,13H2,1H3. The largest absolute Gasteiger partial charge is 0.496 e. The van der Waals surface area contributed by atoms with Gasteiger partial charge in [0, 0.05) is 49.5 Å². The van der Waals surface area contributed by atoms with Crippen LogP contribution >= 0.6 is 23.2 Å². The molecule has 0 saturated carbocycles. The second-order valence-corrected chi connectivity index (χ2v) is 7.50. The van der Waals surface area contributed by atoms with E-state index in [0.29, 0.717) is 29.5 Å². The fourth-order valence-electron chi connectivity index (χ4n) is 3.53. The molecular formula is C20H20Cl2N4O2. The van der Waals surface area contributed by atoms with Gasteiger partial charge in [-0.1, -0.05) is 29.3 Å². The Balaban J connectivity index is 1.45. The summed E-state index contributed by atoms with van der Waals surface area (Å²) in [6.45, 7) is 3.49. The summed E-state index contributed by atoms with van der Waals surface area (Å²) in [7, 11) is 1.66. The third kappa shape index (κ3) is 3.68. The number of ether oxygens (including phenoxy) is 1. The van der Waals surface area contributed by atoms with Crippen LogP contribution in [0.3, 0.4) is 0 Å². The second-order valence-electron chi connectivity index (χ2n) is 6.70. The number of imidazole rings is 1. The van der Waals surface area contributed by atoms with Crippen molar-refractivity contribution in [2.24, 2.45) is 0 Å². The van der Waals surface area contributed by atoms with Crippen LogP contribution in [0.5, 0.6) is 5.75 Å². The van der Waals surface area contributed by atoms with Gasteiger partial charge in [-0.2, -0.15) is 0 Å². The van der Waals surface area contributed by atoms with Crippen molar-refractivity contribution in [1.82, 2.24) is 19.2 Å². The topological polar surface area (TPSA) is 50.1 Å². The van der Waals surface area contributed by atoms with Crippen molar-refractivity contribution in [3.63, 3.8) is 0 Å². The summed E-state index contributed by atoms with van der Waals surface area (Å²) in [6.07, 6.45) is 1.81. The van der Waals surface area contributed by atoms with Crippen molar-refractivity contribution in [3.8, 4) is 5.75 Å². The van der Waals surface area contributed by atoms with E-state index in [-0.39, 0.29) is 11.1 Å². The number of halogens is 2. The molecule has 1 aliphatic heterocycles. The Morgan fingerprint density at radius 3 is 2.68 bits per heavy atom. The molecule has 0 radical (unpaired) electrons. The van der Waals surface area contributed by atoms with Crippen LogP contribution in [0.4, 0.5) is 0 Å². The van der Waals surface area contributed by atoms with Crippen molar-refractivity contribution in [2.75, 3.05) is 33.3 Å². The molecule has 3 heterocycles. The number of pyridine rings is 1. The molecule has 1 saturated heterocycles. The minimum Gasteiger partial charge on any atom is -0.496 e. The highest BCUT2D eigenvalue weighted by Crippen LogP contribution is 2.25. The average Bonchev–Trinajstić information content (AvgIpc) is 3.04. The summed E-state index contributed by atoms with van der Waals surface area (Å²) in [5.74, 6) is 0.726. The SMILES string of the molecule is COc1ccc(Cl)cc1CN1CCN(C(=O)c2c(Cl)nc3ccccn23)CC1. The minimum atomic E-state index is -0.0938. The van der Waals surface area contributed by atoms with Crippen molar-refractivity contribution >= 4 is 34.8 Å². The first-order chi connectivity index (χ1) is 13.6. The first-order valence-corrected chi connectivity index (χ1v) is 9.79. The van der Waals surface area contributed by atoms with E-state index in [1.165, 1.54) is 0 Å². The monoisotopic (exact) mass is 418 g/mol. The number of benzene rings is 1. The molecule has 0 atom stereocenters. The van der Waals surface area contributed by atoms with Crippen LogP contribution in [0.1, 0.15) is 16.1 Å². The number of nitrogens with zero attached hydrogens (tertiary/aromatic N) is 4. The molecule has 28 heavy (non-hydrogen) atoms. The number of amides is 1. The van der Waals surface area contributed by atoms with Crippen molar-refractivity contribution in [1.29, 1.82) is 0 Å². The minimum absolute atomic E-state index is 0.0938. The van der Waals surface area contributed by atoms with E-state index in [1.807, 2.05) is 47.5 Å². The highest BCUT2D eigenvalue weighted by atomic mass is 35.5. The first-order valence-electron chi connectivity index (χ1n) is 9.03. The maximum atomic E-state index is 13.0. The van der Waals surface area contributed by atoms with E-state index in [1.54, 1.807) is 11.5 Å². The van der Waals surface area contributed by atoms with Crippen LogP contribution in [-0.2, 0) is 6.54 Å². The van der Waals surface area contributed by atoms with Crippen molar-refractivity contribution in [3.05, 3.63) is 64.0 Å². The summed E-state index contributed by atoms with van der Waals surface area (Å²) in [6, 6.07) is 11.2. The fourth-order valence-corrected chi connectivity index (χ4v) is 3.98. The van der Waals surface area contributed by atoms with E-state index in [2.05, 4.69) is 9.88 Å². The Kier molecular flexibility index (Phi) is 5.44. The van der Waals surface area contributed by atoms with E-state index in [0.717, 1.165) is 30.9 Å². The summed E-state index contributed by atoms with van der Waals surface area (Å²) in [5.41, 5.74) is 2.13. The lowest BCUT2D eigenvalue weighted by Gasteiger charge is -2.34. The molecular weight excluding hydrogens is 399 g/mol. The van der Waals surface area contributed by atoms with Gasteiger partial charge >= 0.3 is 0 Å². The predicted molar refractivity (Wildman–Crippen MR) is 109 cm³/mol. The third-order valence-electron chi connectivity index (χ3n) is 4.99. The number of methoxy groups -OCH3 is 1.